The summed E-state index contributed by atoms with van der Waals surface area (Å²) in [7, 11) is 3.82. The predicted octanol–water partition coefficient (Wildman–Crippen LogP) is 4.16. The summed E-state index contributed by atoms with van der Waals surface area (Å²) in [5.74, 6) is 0.0314. The smallest absolute Gasteiger partial charge is 0.224 e. The van der Waals surface area contributed by atoms with Crippen LogP contribution in [0.2, 0.25) is 5.02 Å². The van der Waals surface area contributed by atoms with Crippen molar-refractivity contribution < 1.29 is 9.59 Å². The lowest BCUT2D eigenvalue weighted by molar-refractivity contribution is -0.131. The summed E-state index contributed by atoms with van der Waals surface area (Å²) in [5, 5.41) is 3.47. The van der Waals surface area contributed by atoms with E-state index in [9.17, 15) is 9.59 Å². The predicted molar refractivity (Wildman–Crippen MR) is 105 cm³/mol. The molecule has 0 aliphatic heterocycles. The molecule has 1 N–H and O–H groups in total. The first-order valence-electron chi connectivity index (χ1n) is 8.93. The van der Waals surface area contributed by atoms with Crippen molar-refractivity contribution in [1.29, 1.82) is 0 Å². The van der Waals surface area contributed by atoms with Crippen LogP contribution in [0.1, 0.15) is 46.0 Å². The van der Waals surface area contributed by atoms with E-state index in [4.69, 9.17) is 11.6 Å². The van der Waals surface area contributed by atoms with Gasteiger partial charge in [-0.05, 0) is 37.5 Å². The molecule has 5 nitrogen and oxygen atoms in total. The number of anilines is 2. The van der Waals surface area contributed by atoms with Crippen LogP contribution in [0, 0.1) is 0 Å². The van der Waals surface area contributed by atoms with Crippen molar-refractivity contribution in [2.45, 2.75) is 46.0 Å². The van der Waals surface area contributed by atoms with Crippen molar-refractivity contribution in [3.05, 3.63) is 23.2 Å². The molecule has 0 radical (unpaired) electrons. The van der Waals surface area contributed by atoms with E-state index in [2.05, 4.69) is 19.2 Å². The Balaban J connectivity index is 2.53. The van der Waals surface area contributed by atoms with Crippen LogP contribution in [-0.2, 0) is 9.59 Å². The SMILES string of the molecule is CCCN(CCC)C(=O)CCCC(=O)Nc1cc(Cl)ccc1N(C)C. The van der Waals surface area contributed by atoms with Crippen molar-refractivity contribution >= 4 is 34.8 Å². The van der Waals surface area contributed by atoms with Gasteiger partial charge >= 0.3 is 0 Å². The minimum Gasteiger partial charge on any atom is -0.376 e. The van der Waals surface area contributed by atoms with Gasteiger partial charge in [0.05, 0.1) is 11.4 Å². The lowest BCUT2D eigenvalue weighted by Crippen LogP contribution is -2.32. The standard InChI is InChI=1S/C19H30ClN3O2/c1-5-12-23(13-6-2)19(25)9-7-8-18(24)21-16-14-15(20)10-11-17(16)22(3)4/h10-11,14H,5-9,12-13H2,1-4H3,(H,21,24). The molecule has 2 amide bonds. The van der Waals surface area contributed by atoms with E-state index in [1.807, 2.05) is 30.0 Å². The largest absolute Gasteiger partial charge is 0.376 e. The van der Waals surface area contributed by atoms with Crippen LogP contribution in [0.25, 0.3) is 0 Å². The third-order valence-corrected chi connectivity index (χ3v) is 4.08. The van der Waals surface area contributed by atoms with Crippen molar-refractivity contribution in [2.24, 2.45) is 0 Å². The molecule has 0 heterocycles. The van der Waals surface area contributed by atoms with Crippen molar-refractivity contribution in [3.63, 3.8) is 0 Å². The third kappa shape index (κ3) is 7.34. The summed E-state index contributed by atoms with van der Waals surface area (Å²) in [6.45, 7) is 5.70. The lowest BCUT2D eigenvalue weighted by atomic mass is 10.2. The molecule has 1 aromatic carbocycles. The minimum atomic E-state index is -0.101. The number of hydrogen-bond donors (Lipinski definition) is 1. The molecule has 140 valence electrons. The van der Waals surface area contributed by atoms with Gasteiger partial charge in [0.2, 0.25) is 11.8 Å². The Labute approximate surface area is 156 Å². The van der Waals surface area contributed by atoms with Gasteiger partial charge in [-0.1, -0.05) is 25.4 Å². The summed E-state index contributed by atoms with van der Waals surface area (Å²) >= 11 is 6.03. The van der Waals surface area contributed by atoms with Gasteiger partial charge in [-0.2, -0.15) is 0 Å². The minimum absolute atomic E-state index is 0.101. The number of rotatable bonds is 10. The van der Waals surface area contributed by atoms with Crippen LogP contribution in [0.3, 0.4) is 0 Å². The quantitative estimate of drug-likeness (QED) is 0.675. The van der Waals surface area contributed by atoms with Crippen LogP contribution in [0.15, 0.2) is 18.2 Å². The third-order valence-electron chi connectivity index (χ3n) is 3.85. The van der Waals surface area contributed by atoms with E-state index < -0.39 is 0 Å². The van der Waals surface area contributed by atoms with E-state index in [1.54, 1.807) is 12.1 Å². The zero-order valence-corrected chi connectivity index (χ0v) is 16.5. The number of carbonyl (C=O) groups is 2. The van der Waals surface area contributed by atoms with Crippen molar-refractivity contribution in [2.75, 3.05) is 37.4 Å². The molecule has 0 saturated heterocycles. The number of hydrogen-bond acceptors (Lipinski definition) is 3. The molecule has 0 aromatic heterocycles. The van der Waals surface area contributed by atoms with E-state index in [-0.39, 0.29) is 11.8 Å². The van der Waals surface area contributed by atoms with Crippen molar-refractivity contribution in [1.82, 2.24) is 4.90 Å². The first-order valence-corrected chi connectivity index (χ1v) is 9.31. The Hall–Kier alpha value is -1.75. The molecule has 0 spiro atoms. The van der Waals surface area contributed by atoms with Gasteiger partial charge in [0.25, 0.3) is 0 Å². The van der Waals surface area contributed by atoms with Crippen molar-refractivity contribution in [3.8, 4) is 0 Å². The summed E-state index contributed by atoms with van der Waals surface area (Å²) in [4.78, 5) is 28.2. The van der Waals surface area contributed by atoms with E-state index in [0.717, 1.165) is 31.6 Å². The highest BCUT2D eigenvalue weighted by Crippen LogP contribution is 2.28. The molecule has 1 aromatic rings. The monoisotopic (exact) mass is 367 g/mol. The first-order chi connectivity index (χ1) is 11.9. The summed E-state index contributed by atoms with van der Waals surface area (Å²) in [6, 6.07) is 5.40. The van der Waals surface area contributed by atoms with E-state index in [1.165, 1.54) is 0 Å². The van der Waals surface area contributed by atoms with Gasteiger partial charge in [0, 0.05) is 45.0 Å². The van der Waals surface area contributed by atoms with Gasteiger partial charge in [-0.15, -0.1) is 0 Å². The molecule has 0 fully saturated rings. The fourth-order valence-electron chi connectivity index (χ4n) is 2.67. The molecule has 6 heteroatoms. The summed E-state index contributed by atoms with van der Waals surface area (Å²) < 4.78 is 0. The number of benzene rings is 1. The average molecular weight is 368 g/mol. The Morgan fingerprint density at radius 2 is 1.72 bits per heavy atom. The average Bonchev–Trinajstić information content (AvgIpc) is 2.54. The second-order valence-electron chi connectivity index (χ2n) is 6.34. The lowest BCUT2D eigenvalue weighted by Gasteiger charge is -2.21. The summed E-state index contributed by atoms with van der Waals surface area (Å²) in [6.07, 6.45) is 3.18. The highest BCUT2D eigenvalue weighted by atomic mass is 35.5. The molecular weight excluding hydrogens is 338 g/mol. The second kappa shape index (κ2) is 11.0. The van der Waals surface area contributed by atoms with Gasteiger partial charge in [0.15, 0.2) is 0 Å². The Morgan fingerprint density at radius 1 is 1.08 bits per heavy atom. The van der Waals surface area contributed by atoms with Gasteiger partial charge in [-0.25, -0.2) is 0 Å². The fraction of sp³-hybridized carbons (Fsp3) is 0.579. The molecule has 0 aliphatic rings. The number of halogens is 1. The molecule has 1 rings (SSSR count). The molecule has 0 bridgehead atoms. The Morgan fingerprint density at radius 3 is 2.28 bits per heavy atom. The zero-order chi connectivity index (χ0) is 18.8. The highest BCUT2D eigenvalue weighted by molar-refractivity contribution is 6.31. The maximum atomic E-state index is 12.2. The summed E-state index contributed by atoms with van der Waals surface area (Å²) in [5.41, 5.74) is 1.58. The number of nitrogens with zero attached hydrogens (tertiary/aromatic N) is 2. The van der Waals surface area contributed by atoms with Crippen LogP contribution in [0.5, 0.6) is 0 Å². The second-order valence-corrected chi connectivity index (χ2v) is 6.77. The number of amides is 2. The van der Waals surface area contributed by atoms with Crippen LogP contribution < -0.4 is 10.2 Å². The fourth-order valence-corrected chi connectivity index (χ4v) is 2.84. The number of nitrogens with one attached hydrogen (secondary N) is 1. The van der Waals surface area contributed by atoms with Crippen LogP contribution in [-0.4, -0.2) is 43.9 Å². The Kier molecular flexibility index (Phi) is 9.35. The maximum absolute atomic E-state index is 12.2. The molecule has 0 saturated carbocycles. The topological polar surface area (TPSA) is 52.7 Å². The van der Waals surface area contributed by atoms with Crippen LogP contribution in [0.4, 0.5) is 11.4 Å². The molecule has 0 aliphatic carbocycles. The molecule has 0 atom stereocenters. The molecule has 25 heavy (non-hydrogen) atoms. The van der Waals surface area contributed by atoms with E-state index >= 15 is 0 Å². The first kappa shape index (κ1) is 21.3. The Bertz CT molecular complexity index is 570. The normalized spacial score (nSPS) is 10.4. The number of carbonyl (C=O) groups excluding carboxylic acids is 2. The zero-order valence-electron chi connectivity index (χ0n) is 15.8. The molecular formula is C19H30ClN3O2. The maximum Gasteiger partial charge on any atom is 0.224 e. The van der Waals surface area contributed by atoms with Gasteiger partial charge < -0.3 is 15.1 Å². The van der Waals surface area contributed by atoms with Gasteiger partial charge in [-0.3, -0.25) is 9.59 Å². The van der Waals surface area contributed by atoms with Crippen LogP contribution >= 0.6 is 11.6 Å². The highest BCUT2D eigenvalue weighted by Gasteiger charge is 2.13. The molecule has 0 unspecified atom stereocenters. The van der Waals surface area contributed by atoms with Gasteiger partial charge in [0.1, 0.15) is 0 Å². The van der Waals surface area contributed by atoms with E-state index in [0.29, 0.717) is 30.0 Å².